The SMILES string of the molecule is COc1cc(C(=O)N2CCc3c([nH]c4ccccc34)C2c2ccc(Cl)cc2)cc(OC)c1OC. The number of halogens is 1. The fraction of sp³-hybridized carbons (Fsp3) is 0.222. The summed E-state index contributed by atoms with van der Waals surface area (Å²) in [5.74, 6) is 1.21. The van der Waals surface area contributed by atoms with Crippen LogP contribution in [0.4, 0.5) is 0 Å². The molecular weight excluding hydrogens is 452 g/mol. The van der Waals surface area contributed by atoms with Gasteiger partial charge in [0.2, 0.25) is 5.75 Å². The highest BCUT2D eigenvalue weighted by atomic mass is 35.5. The van der Waals surface area contributed by atoms with Crippen LogP contribution in [-0.4, -0.2) is 43.7 Å². The molecule has 0 spiro atoms. The van der Waals surface area contributed by atoms with Crippen LogP contribution in [0.25, 0.3) is 10.9 Å². The molecule has 3 aromatic carbocycles. The third-order valence-corrected chi connectivity index (χ3v) is 6.64. The predicted molar refractivity (Wildman–Crippen MR) is 132 cm³/mol. The van der Waals surface area contributed by atoms with Gasteiger partial charge in [0.05, 0.1) is 27.4 Å². The van der Waals surface area contributed by atoms with E-state index in [-0.39, 0.29) is 11.9 Å². The van der Waals surface area contributed by atoms with Crippen LogP contribution < -0.4 is 14.2 Å². The van der Waals surface area contributed by atoms with E-state index in [4.69, 9.17) is 25.8 Å². The number of H-pyrrole nitrogens is 1. The minimum atomic E-state index is -0.292. The number of hydrogen-bond acceptors (Lipinski definition) is 4. The lowest BCUT2D eigenvalue weighted by Gasteiger charge is -2.36. The molecule has 0 aliphatic carbocycles. The van der Waals surface area contributed by atoms with E-state index in [9.17, 15) is 4.79 Å². The molecule has 1 unspecified atom stereocenters. The number of ether oxygens (including phenoxy) is 3. The van der Waals surface area contributed by atoms with Gasteiger partial charge in [-0.05, 0) is 47.9 Å². The highest BCUT2D eigenvalue weighted by Gasteiger charge is 2.35. The van der Waals surface area contributed by atoms with E-state index in [2.05, 4.69) is 17.1 Å². The summed E-state index contributed by atoms with van der Waals surface area (Å²) in [4.78, 5) is 19.4. The number of aromatic amines is 1. The quantitative estimate of drug-likeness (QED) is 0.405. The van der Waals surface area contributed by atoms with E-state index in [0.29, 0.717) is 34.4 Å². The molecule has 1 atom stereocenters. The third-order valence-electron chi connectivity index (χ3n) is 6.39. The number of methoxy groups -OCH3 is 3. The molecule has 0 bridgehead atoms. The van der Waals surface area contributed by atoms with Gasteiger partial charge in [-0.2, -0.15) is 0 Å². The number of hydrogen-bond donors (Lipinski definition) is 1. The molecule has 1 aromatic heterocycles. The Hall–Kier alpha value is -3.64. The Labute approximate surface area is 203 Å². The number of carbonyl (C=O) groups excluding carboxylic acids is 1. The Bertz CT molecular complexity index is 1340. The van der Waals surface area contributed by atoms with E-state index in [1.54, 1.807) is 33.5 Å². The Morgan fingerprint density at radius 3 is 2.29 bits per heavy atom. The average Bonchev–Trinajstić information content (AvgIpc) is 3.26. The Kier molecular flexibility index (Phi) is 5.84. The molecule has 34 heavy (non-hydrogen) atoms. The maximum atomic E-state index is 13.9. The van der Waals surface area contributed by atoms with Crippen LogP contribution in [0.3, 0.4) is 0 Å². The van der Waals surface area contributed by atoms with Gasteiger partial charge in [0.25, 0.3) is 5.91 Å². The summed E-state index contributed by atoms with van der Waals surface area (Å²) >= 11 is 6.18. The minimum Gasteiger partial charge on any atom is -0.493 e. The van der Waals surface area contributed by atoms with E-state index in [1.165, 1.54) is 10.9 Å². The number of nitrogens with zero attached hydrogens (tertiary/aromatic N) is 1. The van der Waals surface area contributed by atoms with Crippen LogP contribution in [0.2, 0.25) is 5.02 Å². The monoisotopic (exact) mass is 476 g/mol. The van der Waals surface area contributed by atoms with Crippen LogP contribution in [-0.2, 0) is 6.42 Å². The number of carbonyl (C=O) groups is 1. The van der Waals surface area contributed by atoms with Crippen LogP contribution in [0.1, 0.15) is 33.2 Å². The summed E-state index contributed by atoms with van der Waals surface area (Å²) in [5.41, 5.74) is 4.78. The van der Waals surface area contributed by atoms with Gasteiger partial charge >= 0.3 is 0 Å². The summed E-state index contributed by atoms with van der Waals surface area (Å²) in [6.45, 7) is 0.567. The lowest BCUT2D eigenvalue weighted by Crippen LogP contribution is -2.40. The molecule has 6 nitrogen and oxygen atoms in total. The predicted octanol–water partition coefficient (Wildman–Crippen LogP) is 5.64. The molecule has 4 aromatic rings. The first-order valence-corrected chi connectivity index (χ1v) is 11.4. The molecule has 1 aliphatic heterocycles. The summed E-state index contributed by atoms with van der Waals surface area (Å²) in [7, 11) is 4.62. The van der Waals surface area contributed by atoms with Crippen molar-refractivity contribution in [1.29, 1.82) is 0 Å². The van der Waals surface area contributed by atoms with Gasteiger partial charge in [-0.1, -0.05) is 41.9 Å². The van der Waals surface area contributed by atoms with Gasteiger partial charge in [-0.25, -0.2) is 0 Å². The van der Waals surface area contributed by atoms with E-state index >= 15 is 0 Å². The number of amides is 1. The number of aromatic nitrogens is 1. The van der Waals surface area contributed by atoms with Crippen LogP contribution in [0, 0.1) is 0 Å². The largest absolute Gasteiger partial charge is 0.493 e. The number of benzene rings is 3. The van der Waals surface area contributed by atoms with Crippen molar-refractivity contribution in [2.75, 3.05) is 27.9 Å². The fourth-order valence-corrected chi connectivity index (χ4v) is 4.95. The summed E-state index contributed by atoms with van der Waals surface area (Å²) in [6.07, 6.45) is 0.750. The van der Waals surface area contributed by atoms with Gasteiger partial charge in [0.1, 0.15) is 0 Å². The topological polar surface area (TPSA) is 63.8 Å². The number of rotatable bonds is 5. The Balaban J connectivity index is 1.64. The molecule has 1 aliphatic rings. The molecule has 2 heterocycles. The van der Waals surface area contributed by atoms with E-state index in [0.717, 1.165) is 23.2 Å². The maximum absolute atomic E-state index is 13.9. The number of nitrogens with one attached hydrogen (secondary N) is 1. The molecule has 174 valence electrons. The van der Waals surface area contributed by atoms with Crippen molar-refractivity contribution in [1.82, 2.24) is 9.88 Å². The number of fused-ring (bicyclic) bond motifs is 3. The summed E-state index contributed by atoms with van der Waals surface area (Å²) in [5, 5.41) is 1.84. The van der Waals surface area contributed by atoms with Gasteiger partial charge in [-0.15, -0.1) is 0 Å². The van der Waals surface area contributed by atoms with Crippen molar-refractivity contribution in [3.05, 3.63) is 88.1 Å². The maximum Gasteiger partial charge on any atom is 0.254 e. The first kappa shape index (κ1) is 22.2. The molecule has 7 heteroatoms. The van der Waals surface area contributed by atoms with Crippen molar-refractivity contribution < 1.29 is 19.0 Å². The third kappa shape index (κ3) is 3.64. The highest BCUT2D eigenvalue weighted by molar-refractivity contribution is 6.30. The zero-order valence-corrected chi connectivity index (χ0v) is 20.0. The van der Waals surface area contributed by atoms with Crippen molar-refractivity contribution in [2.24, 2.45) is 0 Å². The highest BCUT2D eigenvalue weighted by Crippen LogP contribution is 2.42. The molecule has 1 amide bonds. The second kappa shape index (κ2) is 8.95. The van der Waals surface area contributed by atoms with Gasteiger partial charge in [-0.3, -0.25) is 4.79 Å². The standard InChI is InChI=1S/C27H25ClN2O4/c1-32-22-14-17(15-23(33-2)26(22)34-3)27(31)30-13-12-20-19-6-4-5-7-21(19)29-24(20)25(30)16-8-10-18(28)11-9-16/h4-11,14-15,25,29H,12-13H2,1-3H3. The molecule has 0 radical (unpaired) electrons. The normalized spacial score (nSPS) is 15.2. The first-order valence-electron chi connectivity index (χ1n) is 11.0. The van der Waals surface area contributed by atoms with Crippen molar-refractivity contribution >= 4 is 28.4 Å². The number of para-hydroxylation sites is 1. The van der Waals surface area contributed by atoms with E-state index in [1.807, 2.05) is 41.3 Å². The lowest BCUT2D eigenvalue weighted by atomic mass is 9.91. The zero-order chi connectivity index (χ0) is 23.8. The Morgan fingerprint density at radius 1 is 0.971 bits per heavy atom. The second-order valence-corrected chi connectivity index (χ2v) is 8.62. The molecule has 5 rings (SSSR count). The zero-order valence-electron chi connectivity index (χ0n) is 19.2. The van der Waals surface area contributed by atoms with E-state index < -0.39 is 0 Å². The molecule has 0 fully saturated rings. The smallest absolute Gasteiger partial charge is 0.254 e. The van der Waals surface area contributed by atoms with Crippen molar-refractivity contribution in [3.63, 3.8) is 0 Å². The lowest BCUT2D eigenvalue weighted by molar-refractivity contribution is 0.0691. The summed E-state index contributed by atoms with van der Waals surface area (Å²) in [6, 6.07) is 19.0. The molecule has 0 saturated heterocycles. The average molecular weight is 477 g/mol. The van der Waals surface area contributed by atoms with Crippen LogP contribution in [0.5, 0.6) is 17.2 Å². The molecule has 1 N–H and O–H groups in total. The summed E-state index contributed by atoms with van der Waals surface area (Å²) < 4.78 is 16.4. The van der Waals surface area contributed by atoms with Crippen LogP contribution in [0.15, 0.2) is 60.7 Å². The van der Waals surface area contributed by atoms with Crippen molar-refractivity contribution in [3.8, 4) is 17.2 Å². The second-order valence-electron chi connectivity index (χ2n) is 8.18. The molecular formula is C27H25ClN2O4. The van der Waals surface area contributed by atoms with Gasteiger partial charge < -0.3 is 24.1 Å². The Morgan fingerprint density at radius 2 is 1.65 bits per heavy atom. The fourth-order valence-electron chi connectivity index (χ4n) is 4.82. The first-order chi connectivity index (χ1) is 16.5. The van der Waals surface area contributed by atoms with Crippen molar-refractivity contribution in [2.45, 2.75) is 12.5 Å². The van der Waals surface area contributed by atoms with Crippen LogP contribution >= 0.6 is 11.6 Å². The van der Waals surface area contributed by atoms with Gasteiger partial charge in [0.15, 0.2) is 11.5 Å². The minimum absolute atomic E-state index is 0.122. The van der Waals surface area contributed by atoms with Gasteiger partial charge in [0, 0.05) is 33.7 Å². The molecule has 0 saturated carbocycles.